The highest BCUT2D eigenvalue weighted by molar-refractivity contribution is 5.92. The van der Waals surface area contributed by atoms with E-state index < -0.39 is 5.91 Å². The summed E-state index contributed by atoms with van der Waals surface area (Å²) >= 11 is 0. The minimum atomic E-state index is -0.575. The van der Waals surface area contributed by atoms with Crippen LogP contribution >= 0.6 is 0 Å². The maximum absolute atomic E-state index is 12.1. The van der Waals surface area contributed by atoms with E-state index in [9.17, 15) is 9.59 Å². The van der Waals surface area contributed by atoms with Gasteiger partial charge in [0.2, 0.25) is 5.91 Å². The van der Waals surface area contributed by atoms with Gasteiger partial charge in [0, 0.05) is 44.2 Å². The molecule has 0 radical (unpaired) electrons. The largest absolute Gasteiger partial charge is 0.364 e. The Morgan fingerprint density at radius 3 is 2.62 bits per heavy atom. The van der Waals surface area contributed by atoms with Gasteiger partial charge in [-0.15, -0.1) is 0 Å². The summed E-state index contributed by atoms with van der Waals surface area (Å²) in [7, 11) is 3.44. The number of carbonyl (C=O) groups is 2. The summed E-state index contributed by atoms with van der Waals surface area (Å²) in [6, 6.07) is 7.39. The lowest BCUT2D eigenvalue weighted by Gasteiger charge is -2.24. The van der Waals surface area contributed by atoms with Gasteiger partial charge in [-0.3, -0.25) is 14.3 Å². The first kappa shape index (κ1) is 21.7. The highest BCUT2D eigenvalue weighted by atomic mass is 16.2. The van der Waals surface area contributed by atoms with Crippen molar-refractivity contribution in [3.05, 3.63) is 36.2 Å². The molecule has 1 aliphatic carbocycles. The van der Waals surface area contributed by atoms with Gasteiger partial charge in [-0.05, 0) is 43.4 Å². The maximum atomic E-state index is 12.1. The van der Waals surface area contributed by atoms with Gasteiger partial charge in [0.25, 0.3) is 5.91 Å². The van der Waals surface area contributed by atoms with Gasteiger partial charge in [-0.2, -0.15) is 5.10 Å². The molecule has 1 aromatic carbocycles. The number of nitrogens with zero attached hydrogens (tertiary/aromatic N) is 6. The monoisotopic (exact) mass is 435 g/mol. The number of anilines is 1. The summed E-state index contributed by atoms with van der Waals surface area (Å²) in [5, 5.41) is 5.22. The van der Waals surface area contributed by atoms with E-state index in [0.29, 0.717) is 11.7 Å². The van der Waals surface area contributed by atoms with Crippen LogP contribution in [0.25, 0.3) is 22.3 Å². The molecule has 1 aliphatic rings. The summed E-state index contributed by atoms with van der Waals surface area (Å²) in [5.74, 6) is 1.25. The summed E-state index contributed by atoms with van der Waals surface area (Å²) in [4.78, 5) is 37.0. The third kappa shape index (κ3) is 4.71. The van der Waals surface area contributed by atoms with E-state index in [0.717, 1.165) is 41.8 Å². The third-order valence-corrected chi connectivity index (χ3v) is 5.64. The molecule has 32 heavy (non-hydrogen) atoms. The molecule has 3 aromatic rings. The number of benzene rings is 1. The molecule has 0 saturated heterocycles. The first-order valence-corrected chi connectivity index (χ1v) is 11.0. The minimum Gasteiger partial charge on any atom is -0.364 e. The van der Waals surface area contributed by atoms with Gasteiger partial charge in [0.1, 0.15) is 18.1 Å². The number of primary amides is 1. The summed E-state index contributed by atoms with van der Waals surface area (Å²) in [6.07, 6.45) is 5.17. The van der Waals surface area contributed by atoms with Crippen LogP contribution in [-0.2, 0) is 11.3 Å². The number of rotatable bonds is 9. The van der Waals surface area contributed by atoms with Crippen molar-refractivity contribution in [2.24, 2.45) is 11.7 Å². The molecule has 1 fully saturated rings. The summed E-state index contributed by atoms with van der Waals surface area (Å²) in [5.41, 5.74) is 7.40. The first-order chi connectivity index (χ1) is 15.4. The average Bonchev–Trinajstić information content (AvgIpc) is 3.51. The predicted octanol–water partition coefficient (Wildman–Crippen LogP) is 2.31. The van der Waals surface area contributed by atoms with Crippen molar-refractivity contribution in [3.8, 4) is 11.4 Å². The number of carbonyl (C=O) groups excluding carboxylic acids is 2. The zero-order chi connectivity index (χ0) is 22.8. The Balaban J connectivity index is 1.70. The van der Waals surface area contributed by atoms with E-state index in [2.05, 4.69) is 21.9 Å². The number of amides is 2. The quantitative estimate of drug-likeness (QED) is 0.552. The molecule has 9 heteroatoms. The van der Waals surface area contributed by atoms with Crippen molar-refractivity contribution in [3.63, 3.8) is 0 Å². The van der Waals surface area contributed by atoms with E-state index in [1.165, 1.54) is 17.7 Å². The van der Waals surface area contributed by atoms with E-state index in [4.69, 9.17) is 10.7 Å². The maximum Gasteiger partial charge on any atom is 0.267 e. The molecule has 168 valence electrons. The molecule has 2 aromatic heterocycles. The van der Waals surface area contributed by atoms with Gasteiger partial charge in [0.15, 0.2) is 5.82 Å². The lowest BCUT2D eigenvalue weighted by atomic mass is 10.1. The average molecular weight is 436 g/mol. The smallest absolute Gasteiger partial charge is 0.267 e. The van der Waals surface area contributed by atoms with Crippen LogP contribution in [-0.4, -0.2) is 63.6 Å². The number of hydrogen-bond acceptors (Lipinski definition) is 6. The molecule has 0 unspecified atom stereocenters. The number of fused-ring (bicyclic) bond motifs is 1. The van der Waals surface area contributed by atoms with Crippen molar-refractivity contribution in [1.29, 1.82) is 0 Å². The number of aromatic nitrogens is 4. The molecular weight excluding hydrogens is 406 g/mol. The summed E-state index contributed by atoms with van der Waals surface area (Å²) < 4.78 is 1.67. The van der Waals surface area contributed by atoms with Crippen molar-refractivity contribution >= 4 is 28.5 Å². The van der Waals surface area contributed by atoms with Gasteiger partial charge in [0.05, 0.1) is 11.7 Å². The number of likely N-dealkylation sites (N-methyl/N-ethyl adjacent to an activating group) is 1. The van der Waals surface area contributed by atoms with Crippen molar-refractivity contribution in [2.45, 2.75) is 32.7 Å². The van der Waals surface area contributed by atoms with Crippen LogP contribution in [0.3, 0.4) is 0 Å². The zero-order valence-corrected chi connectivity index (χ0v) is 18.8. The van der Waals surface area contributed by atoms with E-state index in [1.807, 2.05) is 18.2 Å². The Labute approximate surface area is 187 Å². The number of nitrogens with two attached hydrogens (primary N) is 1. The Kier molecular flexibility index (Phi) is 6.07. The lowest BCUT2D eigenvalue weighted by molar-refractivity contribution is -0.129. The van der Waals surface area contributed by atoms with E-state index in [1.54, 1.807) is 31.0 Å². The molecule has 2 amide bonds. The normalized spacial score (nSPS) is 13.3. The zero-order valence-electron chi connectivity index (χ0n) is 18.8. The second-order valence-corrected chi connectivity index (χ2v) is 8.55. The molecule has 1 saturated carbocycles. The fourth-order valence-corrected chi connectivity index (χ4v) is 3.65. The highest BCUT2D eigenvalue weighted by Gasteiger charge is 2.25. The molecule has 2 heterocycles. The molecule has 0 spiro atoms. The van der Waals surface area contributed by atoms with Crippen LogP contribution in [0.2, 0.25) is 0 Å². The molecule has 2 N–H and O–H groups in total. The van der Waals surface area contributed by atoms with Crippen LogP contribution in [0.4, 0.5) is 5.82 Å². The standard InChI is InChI=1S/C23H29N7O2/c1-4-9-29(13-15-5-6-15)20-11-18(22(24)32)26-23(27-20)16-7-8-19-17(10-16)12-25-30(19)14-21(31)28(2)3/h7-8,10-12,15H,4-6,9,13-14H2,1-3H3,(H2,24,32). The number of hydrogen-bond donors (Lipinski definition) is 1. The van der Waals surface area contributed by atoms with E-state index >= 15 is 0 Å². The lowest BCUT2D eigenvalue weighted by Crippen LogP contribution is -2.28. The Hall–Kier alpha value is -3.49. The summed E-state index contributed by atoms with van der Waals surface area (Å²) in [6.45, 7) is 4.08. The van der Waals surface area contributed by atoms with Gasteiger partial charge in [-0.25, -0.2) is 9.97 Å². The second-order valence-electron chi connectivity index (χ2n) is 8.55. The van der Waals surface area contributed by atoms with Crippen molar-refractivity contribution in [2.75, 3.05) is 32.1 Å². The van der Waals surface area contributed by atoms with Crippen molar-refractivity contribution < 1.29 is 9.59 Å². The fraction of sp³-hybridized carbons (Fsp3) is 0.435. The molecular formula is C23H29N7O2. The van der Waals surface area contributed by atoms with Crippen LogP contribution in [0.5, 0.6) is 0 Å². The predicted molar refractivity (Wildman–Crippen MR) is 123 cm³/mol. The molecule has 9 nitrogen and oxygen atoms in total. The molecule has 0 aliphatic heterocycles. The Bertz CT molecular complexity index is 1150. The Morgan fingerprint density at radius 1 is 1.19 bits per heavy atom. The fourth-order valence-electron chi connectivity index (χ4n) is 3.65. The van der Waals surface area contributed by atoms with Crippen LogP contribution in [0.15, 0.2) is 30.5 Å². The molecule has 4 rings (SSSR count). The second kappa shape index (κ2) is 8.94. The Morgan fingerprint density at radius 2 is 1.97 bits per heavy atom. The SMILES string of the molecule is CCCN(CC1CC1)c1cc(C(N)=O)nc(-c2ccc3c(cnn3CC(=O)N(C)C)c2)n1. The first-order valence-electron chi connectivity index (χ1n) is 11.0. The minimum absolute atomic E-state index is 0.0344. The molecule has 0 atom stereocenters. The van der Waals surface area contributed by atoms with Gasteiger partial charge >= 0.3 is 0 Å². The van der Waals surface area contributed by atoms with E-state index in [-0.39, 0.29) is 18.1 Å². The van der Waals surface area contributed by atoms with Crippen molar-refractivity contribution in [1.82, 2.24) is 24.6 Å². The molecule has 0 bridgehead atoms. The van der Waals surface area contributed by atoms with Crippen LogP contribution < -0.4 is 10.6 Å². The van der Waals surface area contributed by atoms with Crippen LogP contribution in [0.1, 0.15) is 36.7 Å². The van der Waals surface area contributed by atoms with Crippen LogP contribution in [0, 0.1) is 5.92 Å². The highest BCUT2D eigenvalue weighted by Crippen LogP contribution is 2.32. The van der Waals surface area contributed by atoms with Gasteiger partial charge < -0.3 is 15.5 Å². The third-order valence-electron chi connectivity index (χ3n) is 5.64. The topological polar surface area (TPSA) is 110 Å². The van der Waals surface area contributed by atoms with Gasteiger partial charge in [-0.1, -0.05) is 6.92 Å².